The lowest BCUT2D eigenvalue weighted by Gasteiger charge is -2.29. The first kappa shape index (κ1) is 10.8. The lowest BCUT2D eigenvalue weighted by Crippen LogP contribution is -2.37. The van der Waals surface area contributed by atoms with E-state index in [2.05, 4.69) is 10.7 Å². The van der Waals surface area contributed by atoms with E-state index >= 15 is 0 Å². The van der Waals surface area contributed by atoms with E-state index < -0.39 is 17.7 Å². The predicted molar refractivity (Wildman–Crippen MR) is 49.1 cm³/mol. The van der Waals surface area contributed by atoms with Crippen LogP contribution in [0.3, 0.4) is 0 Å². The van der Waals surface area contributed by atoms with Crippen molar-refractivity contribution in [1.29, 1.82) is 0 Å². The third-order valence-electron chi connectivity index (χ3n) is 2.14. The Balaban J connectivity index is 2.90. The normalized spacial score (nSPS) is 31.6. The molecule has 4 heteroatoms. The molecule has 0 bridgehead atoms. The molecule has 76 valence electrons. The van der Waals surface area contributed by atoms with E-state index in [1.54, 1.807) is 0 Å². The van der Waals surface area contributed by atoms with Crippen molar-refractivity contribution in [1.82, 2.24) is 0 Å². The standard InChI is InChI=1S/C10H12O4/c1-3-10(13)5-7(9(12)14-2)4-8(11)6-10/h1,4,8,11,13H,5-6H2,2H3/t8-,10+/m1/s1. The Morgan fingerprint density at radius 2 is 2.50 bits per heavy atom. The number of aliphatic hydroxyl groups is 2. The maximum atomic E-state index is 11.1. The van der Waals surface area contributed by atoms with Crippen LogP contribution in [0.15, 0.2) is 11.6 Å². The summed E-state index contributed by atoms with van der Waals surface area (Å²) in [7, 11) is 1.24. The molecule has 0 unspecified atom stereocenters. The fraction of sp³-hybridized carbons (Fsp3) is 0.500. The molecule has 1 aliphatic carbocycles. The molecule has 1 aliphatic rings. The van der Waals surface area contributed by atoms with Gasteiger partial charge in [0.2, 0.25) is 0 Å². The van der Waals surface area contributed by atoms with E-state index in [1.165, 1.54) is 13.2 Å². The van der Waals surface area contributed by atoms with Crippen molar-refractivity contribution >= 4 is 5.97 Å². The summed E-state index contributed by atoms with van der Waals surface area (Å²) in [4.78, 5) is 11.1. The van der Waals surface area contributed by atoms with E-state index in [-0.39, 0.29) is 18.4 Å². The summed E-state index contributed by atoms with van der Waals surface area (Å²) in [6.07, 6.45) is 5.63. The van der Waals surface area contributed by atoms with Crippen molar-refractivity contribution in [3.63, 3.8) is 0 Å². The van der Waals surface area contributed by atoms with Crippen molar-refractivity contribution < 1.29 is 19.7 Å². The number of rotatable bonds is 1. The minimum atomic E-state index is -1.45. The van der Waals surface area contributed by atoms with Gasteiger partial charge in [0.1, 0.15) is 5.60 Å². The van der Waals surface area contributed by atoms with Crippen LogP contribution in [0.5, 0.6) is 0 Å². The Morgan fingerprint density at radius 1 is 1.86 bits per heavy atom. The number of esters is 1. The van der Waals surface area contributed by atoms with Gasteiger partial charge in [-0.3, -0.25) is 0 Å². The molecule has 0 amide bonds. The van der Waals surface area contributed by atoms with Gasteiger partial charge in [-0.2, -0.15) is 0 Å². The van der Waals surface area contributed by atoms with Crippen LogP contribution in [0.4, 0.5) is 0 Å². The van der Waals surface area contributed by atoms with Crippen LogP contribution in [-0.4, -0.2) is 35.0 Å². The van der Waals surface area contributed by atoms with Gasteiger partial charge in [-0.25, -0.2) is 4.79 Å². The van der Waals surface area contributed by atoms with Gasteiger partial charge in [0, 0.05) is 18.4 Å². The monoisotopic (exact) mass is 196 g/mol. The molecular formula is C10H12O4. The molecule has 1 rings (SSSR count). The lowest BCUT2D eigenvalue weighted by molar-refractivity contribution is -0.137. The first-order valence-corrected chi connectivity index (χ1v) is 4.18. The van der Waals surface area contributed by atoms with Crippen molar-refractivity contribution in [2.24, 2.45) is 0 Å². The number of aliphatic hydroxyl groups excluding tert-OH is 1. The zero-order valence-electron chi connectivity index (χ0n) is 7.86. The number of carbonyl (C=O) groups is 1. The molecular weight excluding hydrogens is 184 g/mol. The number of methoxy groups -OCH3 is 1. The Labute approximate surface area is 82.2 Å². The molecule has 0 aromatic carbocycles. The molecule has 0 aliphatic heterocycles. The highest BCUT2D eigenvalue weighted by atomic mass is 16.5. The first-order chi connectivity index (χ1) is 6.50. The summed E-state index contributed by atoms with van der Waals surface area (Å²) in [5.41, 5.74) is -1.23. The summed E-state index contributed by atoms with van der Waals surface area (Å²) in [6.45, 7) is 0. The predicted octanol–water partition coefficient (Wildman–Crippen LogP) is -0.395. The molecule has 2 atom stereocenters. The van der Waals surface area contributed by atoms with Gasteiger partial charge in [0.05, 0.1) is 13.2 Å². The van der Waals surface area contributed by atoms with E-state index in [0.717, 1.165) is 0 Å². The highest BCUT2D eigenvalue weighted by molar-refractivity contribution is 5.89. The number of hydrogen-bond donors (Lipinski definition) is 2. The van der Waals surface area contributed by atoms with Crippen LogP contribution in [0.1, 0.15) is 12.8 Å². The number of hydrogen-bond acceptors (Lipinski definition) is 4. The van der Waals surface area contributed by atoms with E-state index in [4.69, 9.17) is 6.42 Å². The minimum Gasteiger partial charge on any atom is -0.466 e. The zero-order chi connectivity index (χ0) is 10.8. The van der Waals surface area contributed by atoms with Gasteiger partial charge in [-0.15, -0.1) is 6.42 Å². The van der Waals surface area contributed by atoms with Gasteiger partial charge in [0.25, 0.3) is 0 Å². The molecule has 0 aromatic heterocycles. The SMILES string of the molecule is C#C[C@]1(O)CC(C(=O)OC)=C[C@@H](O)C1. The highest BCUT2D eigenvalue weighted by Gasteiger charge is 2.35. The van der Waals surface area contributed by atoms with Gasteiger partial charge < -0.3 is 14.9 Å². The van der Waals surface area contributed by atoms with Crippen molar-refractivity contribution in [3.8, 4) is 12.3 Å². The van der Waals surface area contributed by atoms with Crippen LogP contribution >= 0.6 is 0 Å². The number of ether oxygens (including phenoxy) is 1. The van der Waals surface area contributed by atoms with Crippen molar-refractivity contribution in [3.05, 3.63) is 11.6 Å². The Morgan fingerprint density at radius 3 is 3.00 bits per heavy atom. The van der Waals surface area contributed by atoms with Crippen LogP contribution in [0, 0.1) is 12.3 Å². The highest BCUT2D eigenvalue weighted by Crippen LogP contribution is 2.28. The molecule has 0 saturated carbocycles. The summed E-state index contributed by atoms with van der Waals surface area (Å²) in [5.74, 6) is 1.59. The molecule has 0 saturated heterocycles. The van der Waals surface area contributed by atoms with Crippen LogP contribution in [0.2, 0.25) is 0 Å². The van der Waals surface area contributed by atoms with E-state index in [9.17, 15) is 15.0 Å². The molecule has 0 heterocycles. The number of terminal acetylenes is 1. The Kier molecular flexibility index (Phi) is 2.94. The average Bonchev–Trinajstić information content (AvgIpc) is 2.15. The van der Waals surface area contributed by atoms with Crippen molar-refractivity contribution in [2.45, 2.75) is 24.5 Å². The summed E-state index contributed by atoms with van der Waals surface area (Å²) in [5, 5.41) is 19.1. The summed E-state index contributed by atoms with van der Waals surface area (Å²) in [6, 6.07) is 0. The van der Waals surface area contributed by atoms with E-state index in [1.807, 2.05) is 0 Å². The van der Waals surface area contributed by atoms with Crippen molar-refractivity contribution in [2.75, 3.05) is 7.11 Å². The molecule has 0 spiro atoms. The molecule has 14 heavy (non-hydrogen) atoms. The van der Waals surface area contributed by atoms with Gasteiger partial charge >= 0.3 is 5.97 Å². The fourth-order valence-corrected chi connectivity index (χ4v) is 1.46. The average molecular weight is 196 g/mol. The molecule has 0 radical (unpaired) electrons. The number of carbonyl (C=O) groups excluding carboxylic acids is 1. The van der Waals surface area contributed by atoms with Crippen LogP contribution in [-0.2, 0) is 9.53 Å². The first-order valence-electron chi connectivity index (χ1n) is 4.18. The molecule has 0 aromatic rings. The maximum absolute atomic E-state index is 11.1. The second-order valence-corrected chi connectivity index (χ2v) is 3.31. The Bertz CT molecular complexity index is 313. The summed E-state index contributed by atoms with van der Waals surface area (Å²) >= 11 is 0. The zero-order valence-corrected chi connectivity index (χ0v) is 7.86. The van der Waals surface area contributed by atoms with Gasteiger partial charge in [-0.05, 0) is 6.08 Å². The Hall–Kier alpha value is -1.31. The van der Waals surface area contributed by atoms with Gasteiger partial charge in [0.15, 0.2) is 0 Å². The third-order valence-corrected chi connectivity index (χ3v) is 2.14. The molecule has 2 N–H and O–H groups in total. The molecule has 4 nitrogen and oxygen atoms in total. The second kappa shape index (κ2) is 3.82. The van der Waals surface area contributed by atoms with Gasteiger partial charge in [-0.1, -0.05) is 5.92 Å². The largest absolute Gasteiger partial charge is 0.466 e. The topological polar surface area (TPSA) is 66.8 Å². The van der Waals surface area contributed by atoms with E-state index in [0.29, 0.717) is 0 Å². The lowest BCUT2D eigenvalue weighted by atomic mass is 9.84. The molecule has 0 fully saturated rings. The van der Waals surface area contributed by atoms with Crippen LogP contribution in [0.25, 0.3) is 0 Å². The minimum absolute atomic E-state index is 0.0211. The quantitative estimate of drug-likeness (QED) is 0.442. The fourth-order valence-electron chi connectivity index (χ4n) is 1.46. The smallest absolute Gasteiger partial charge is 0.333 e. The third kappa shape index (κ3) is 2.13. The summed E-state index contributed by atoms with van der Waals surface area (Å²) < 4.78 is 4.48. The second-order valence-electron chi connectivity index (χ2n) is 3.31. The maximum Gasteiger partial charge on any atom is 0.333 e. The van der Waals surface area contributed by atoms with Crippen LogP contribution < -0.4 is 0 Å².